The number of halogens is 3. The number of aryl methyl sites for hydroxylation is 1. The number of anilines is 2. The molecule has 20 heavy (non-hydrogen) atoms. The molecule has 0 heterocycles. The van der Waals surface area contributed by atoms with Gasteiger partial charge in [-0.3, -0.25) is 0 Å². The Balaban J connectivity index is 2.09. The summed E-state index contributed by atoms with van der Waals surface area (Å²) in [5.41, 5.74) is 0.352. The van der Waals surface area contributed by atoms with Crippen LogP contribution < -0.4 is 10.6 Å². The van der Waals surface area contributed by atoms with Crippen LogP contribution in [0.3, 0.4) is 0 Å². The fourth-order valence-electron chi connectivity index (χ4n) is 1.55. The first-order valence-electron chi connectivity index (χ1n) is 5.75. The zero-order chi connectivity index (χ0) is 14.7. The van der Waals surface area contributed by atoms with Crippen molar-refractivity contribution in [2.75, 3.05) is 10.6 Å². The Labute approximate surface area is 113 Å². The van der Waals surface area contributed by atoms with Gasteiger partial charge in [0, 0.05) is 11.8 Å². The van der Waals surface area contributed by atoms with Crippen LogP contribution in [0.15, 0.2) is 36.4 Å². The Morgan fingerprint density at radius 2 is 1.70 bits per heavy atom. The van der Waals surface area contributed by atoms with Crippen LogP contribution >= 0.6 is 0 Å². The Bertz CT molecular complexity index is 659. The molecule has 2 aromatic rings. The molecule has 6 heteroatoms. The Hall–Kier alpha value is -2.50. The topological polar surface area (TPSA) is 41.1 Å². The van der Waals surface area contributed by atoms with E-state index in [1.54, 1.807) is 6.92 Å². The van der Waals surface area contributed by atoms with Crippen LogP contribution in [-0.2, 0) is 0 Å². The van der Waals surface area contributed by atoms with E-state index < -0.39 is 23.5 Å². The van der Waals surface area contributed by atoms with Crippen LogP contribution in [0.4, 0.5) is 29.3 Å². The first-order valence-corrected chi connectivity index (χ1v) is 5.75. The average molecular weight is 280 g/mol. The molecule has 104 valence electrons. The van der Waals surface area contributed by atoms with Gasteiger partial charge >= 0.3 is 6.03 Å². The molecule has 0 bridgehead atoms. The van der Waals surface area contributed by atoms with Crippen molar-refractivity contribution in [2.45, 2.75) is 6.92 Å². The number of benzene rings is 2. The lowest BCUT2D eigenvalue weighted by Gasteiger charge is -2.09. The Morgan fingerprint density at radius 3 is 2.40 bits per heavy atom. The molecule has 0 atom stereocenters. The van der Waals surface area contributed by atoms with Crippen molar-refractivity contribution in [3.05, 3.63) is 59.4 Å². The van der Waals surface area contributed by atoms with Gasteiger partial charge < -0.3 is 10.6 Å². The van der Waals surface area contributed by atoms with Gasteiger partial charge in [-0.15, -0.1) is 0 Å². The van der Waals surface area contributed by atoms with Gasteiger partial charge in [0.1, 0.15) is 17.5 Å². The number of hydrogen-bond donors (Lipinski definition) is 2. The van der Waals surface area contributed by atoms with Gasteiger partial charge in [-0.2, -0.15) is 0 Å². The highest BCUT2D eigenvalue weighted by atomic mass is 19.1. The molecule has 0 aliphatic rings. The maximum atomic E-state index is 13.3. The Morgan fingerprint density at radius 1 is 0.950 bits per heavy atom. The van der Waals surface area contributed by atoms with E-state index in [1.807, 2.05) is 0 Å². The quantitative estimate of drug-likeness (QED) is 0.855. The van der Waals surface area contributed by atoms with Crippen molar-refractivity contribution in [1.29, 1.82) is 0 Å². The van der Waals surface area contributed by atoms with E-state index in [2.05, 4.69) is 10.6 Å². The molecule has 2 aromatic carbocycles. The highest BCUT2D eigenvalue weighted by Crippen LogP contribution is 2.17. The highest BCUT2D eigenvalue weighted by molar-refractivity contribution is 5.99. The molecule has 0 aliphatic carbocycles. The lowest BCUT2D eigenvalue weighted by Crippen LogP contribution is -2.20. The summed E-state index contributed by atoms with van der Waals surface area (Å²) in [7, 11) is 0. The summed E-state index contributed by atoms with van der Waals surface area (Å²) >= 11 is 0. The summed E-state index contributed by atoms with van der Waals surface area (Å²) in [5, 5.41) is 4.47. The van der Waals surface area contributed by atoms with Crippen LogP contribution in [0.2, 0.25) is 0 Å². The molecule has 2 amide bonds. The lowest BCUT2D eigenvalue weighted by molar-refractivity contribution is 0.262. The summed E-state index contributed by atoms with van der Waals surface area (Å²) in [4.78, 5) is 11.6. The zero-order valence-electron chi connectivity index (χ0n) is 10.5. The van der Waals surface area contributed by atoms with E-state index in [0.717, 1.165) is 24.3 Å². The second-order valence-corrected chi connectivity index (χ2v) is 4.17. The second-order valence-electron chi connectivity index (χ2n) is 4.17. The molecular weight excluding hydrogens is 269 g/mol. The van der Waals surface area contributed by atoms with Crippen LogP contribution in [0.5, 0.6) is 0 Å². The molecule has 0 fully saturated rings. The van der Waals surface area contributed by atoms with Gasteiger partial charge in [0.25, 0.3) is 0 Å². The first-order chi connectivity index (χ1) is 9.45. The fraction of sp³-hybridized carbons (Fsp3) is 0.0714. The second kappa shape index (κ2) is 5.64. The maximum Gasteiger partial charge on any atom is 0.323 e. The summed E-state index contributed by atoms with van der Waals surface area (Å²) in [5.74, 6) is -1.92. The minimum Gasteiger partial charge on any atom is -0.308 e. The standard InChI is InChI=1S/C14H11F3N2O/c1-8-2-4-10(7-12(8)17)18-14(20)19-13-6-9(15)3-5-11(13)16/h2-7H,1H3,(H2,18,19,20). The number of hydrogen-bond acceptors (Lipinski definition) is 1. The van der Waals surface area contributed by atoms with E-state index in [4.69, 9.17) is 0 Å². The van der Waals surface area contributed by atoms with Gasteiger partial charge in [0.15, 0.2) is 0 Å². The molecule has 0 aliphatic heterocycles. The van der Waals surface area contributed by atoms with Crippen molar-refractivity contribution >= 4 is 17.4 Å². The zero-order valence-corrected chi connectivity index (χ0v) is 10.5. The number of amides is 2. The molecular formula is C14H11F3N2O. The van der Waals surface area contributed by atoms with Gasteiger partial charge in [0.2, 0.25) is 0 Å². The molecule has 0 saturated carbocycles. The van der Waals surface area contributed by atoms with Crippen molar-refractivity contribution < 1.29 is 18.0 Å². The number of carbonyl (C=O) groups excluding carboxylic acids is 1. The van der Waals surface area contributed by atoms with Gasteiger partial charge in [-0.1, -0.05) is 6.07 Å². The van der Waals surface area contributed by atoms with Crippen LogP contribution in [0.25, 0.3) is 0 Å². The molecule has 2 N–H and O–H groups in total. The normalized spacial score (nSPS) is 10.2. The number of nitrogens with one attached hydrogen (secondary N) is 2. The third-order valence-electron chi connectivity index (χ3n) is 2.61. The van der Waals surface area contributed by atoms with E-state index in [9.17, 15) is 18.0 Å². The van der Waals surface area contributed by atoms with Crippen LogP contribution in [0, 0.1) is 24.4 Å². The minimum atomic E-state index is -0.794. The summed E-state index contributed by atoms with van der Waals surface area (Å²) in [6.45, 7) is 1.58. The largest absolute Gasteiger partial charge is 0.323 e. The van der Waals surface area contributed by atoms with E-state index in [-0.39, 0.29) is 11.4 Å². The van der Waals surface area contributed by atoms with Gasteiger partial charge in [-0.25, -0.2) is 18.0 Å². The molecule has 0 radical (unpaired) electrons. The predicted octanol–water partition coefficient (Wildman–Crippen LogP) is 4.06. The third kappa shape index (κ3) is 3.28. The molecule has 3 nitrogen and oxygen atoms in total. The molecule has 0 aromatic heterocycles. The van der Waals surface area contributed by atoms with Crippen molar-refractivity contribution in [3.63, 3.8) is 0 Å². The smallest absolute Gasteiger partial charge is 0.308 e. The number of urea groups is 1. The summed E-state index contributed by atoms with van der Waals surface area (Å²) < 4.78 is 39.5. The van der Waals surface area contributed by atoms with E-state index in [1.165, 1.54) is 12.1 Å². The highest BCUT2D eigenvalue weighted by Gasteiger charge is 2.09. The lowest BCUT2D eigenvalue weighted by atomic mass is 10.2. The molecule has 0 unspecified atom stereocenters. The monoisotopic (exact) mass is 280 g/mol. The van der Waals surface area contributed by atoms with Crippen LogP contribution in [-0.4, -0.2) is 6.03 Å². The maximum absolute atomic E-state index is 13.3. The SMILES string of the molecule is Cc1ccc(NC(=O)Nc2cc(F)ccc2F)cc1F. The van der Waals surface area contributed by atoms with Gasteiger partial charge in [-0.05, 0) is 36.8 Å². The average Bonchev–Trinajstić information content (AvgIpc) is 2.38. The minimum absolute atomic E-state index is 0.211. The number of carbonyl (C=O) groups is 1. The fourth-order valence-corrected chi connectivity index (χ4v) is 1.55. The predicted molar refractivity (Wildman–Crippen MR) is 70.1 cm³/mol. The summed E-state index contributed by atoms with van der Waals surface area (Å²) in [6, 6.07) is 6.03. The van der Waals surface area contributed by atoms with E-state index in [0.29, 0.717) is 5.56 Å². The van der Waals surface area contributed by atoms with Gasteiger partial charge in [0.05, 0.1) is 5.69 Å². The molecule has 2 rings (SSSR count). The van der Waals surface area contributed by atoms with Crippen LogP contribution in [0.1, 0.15) is 5.56 Å². The first kappa shape index (κ1) is 13.9. The Kier molecular flexibility index (Phi) is 3.93. The van der Waals surface area contributed by atoms with Crippen molar-refractivity contribution in [1.82, 2.24) is 0 Å². The van der Waals surface area contributed by atoms with E-state index >= 15 is 0 Å². The molecule has 0 spiro atoms. The molecule has 0 saturated heterocycles. The summed E-state index contributed by atoms with van der Waals surface area (Å²) in [6.07, 6.45) is 0. The van der Waals surface area contributed by atoms with Crippen molar-refractivity contribution in [3.8, 4) is 0 Å². The van der Waals surface area contributed by atoms with Crippen molar-refractivity contribution in [2.24, 2.45) is 0 Å². The third-order valence-corrected chi connectivity index (χ3v) is 2.61. The number of rotatable bonds is 2.